The molecule has 0 bridgehead atoms. The van der Waals surface area contributed by atoms with Gasteiger partial charge in [-0.15, -0.1) is 0 Å². The second-order valence-electron chi connectivity index (χ2n) is 8.78. The van der Waals surface area contributed by atoms with Gasteiger partial charge in [-0.1, -0.05) is 56.9 Å². The van der Waals surface area contributed by atoms with Gasteiger partial charge in [-0.2, -0.15) is 0 Å². The minimum Gasteiger partial charge on any atom is -0.423 e. The summed E-state index contributed by atoms with van der Waals surface area (Å²) in [5, 5.41) is 0. The number of hydrogen-bond donors (Lipinski definition) is 0. The highest BCUT2D eigenvalue weighted by atomic mass is 19.1. The van der Waals surface area contributed by atoms with E-state index in [1.165, 1.54) is 81.2 Å². The van der Waals surface area contributed by atoms with Crippen LogP contribution in [-0.4, -0.2) is 5.97 Å². The molecule has 0 aliphatic heterocycles. The molecular formula is C28H35FO2. The van der Waals surface area contributed by atoms with Gasteiger partial charge in [-0.3, -0.25) is 0 Å². The zero-order valence-electron chi connectivity index (χ0n) is 18.7. The lowest BCUT2D eigenvalue weighted by molar-refractivity contribution is 0.0734. The van der Waals surface area contributed by atoms with Gasteiger partial charge in [0, 0.05) is 0 Å². The number of rotatable bonds is 10. The fraction of sp³-hybridized carbons (Fsp3) is 0.464. The van der Waals surface area contributed by atoms with Crippen molar-refractivity contribution in [2.24, 2.45) is 11.8 Å². The highest BCUT2D eigenvalue weighted by molar-refractivity contribution is 5.91. The molecule has 0 unspecified atom stereocenters. The Labute approximate surface area is 186 Å². The van der Waals surface area contributed by atoms with Crippen LogP contribution in [-0.2, 0) is 6.42 Å². The third kappa shape index (κ3) is 7.97. The molecular weight excluding hydrogens is 387 g/mol. The van der Waals surface area contributed by atoms with Gasteiger partial charge < -0.3 is 4.74 Å². The Kier molecular flexibility index (Phi) is 9.33. The number of allylic oxidation sites excluding steroid dienone is 2. The molecule has 166 valence electrons. The standard InChI is InChI=1S/C28H35FO2/c1-2-3-4-7-22-10-12-23(13-11-22)8-5-6-9-24-14-16-25(17-15-24)28(30)31-27-20-18-26(29)19-21-27/h5,8,14-23H,2-4,6-7,9-13H2,1H3/b8-5+. The van der Waals surface area contributed by atoms with Crippen LogP contribution in [0.2, 0.25) is 0 Å². The molecule has 1 fully saturated rings. The number of unbranched alkanes of at least 4 members (excludes halogenated alkanes) is 2. The normalized spacial score (nSPS) is 18.9. The summed E-state index contributed by atoms with van der Waals surface area (Å²) >= 11 is 0. The fourth-order valence-corrected chi connectivity index (χ4v) is 4.37. The maximum Gasteiger partial charge on any atom is 0.343 e. The lowest BCUT2D eigenvalue weighted by atomic mass is 9.79. The molecule has 0 saturated heterocycles. The molecule has 0 atom stereocenters. The van der Waals surface area contributed by atoms with Crippen LogP contribution >= 0.6 is 0 Å². The fourth-order valence-electron chi connectivity index (χ4n) is 4.37. The predicted molar refractivity (Wildman–Crippen MR) is 125 cm³/mol. The Hall–Kier alpha value is -2.42. The van der Waals surface area contributed by atoms with E-state index in [2.05, 4.69) is 19.1 Å². The van der Waals surface area contributed by atoms with E-state index in [1.807, 2.05) is 12.1 Å². The molecule has 1 aliphatic rings. The maximum atomic E-state index is 12.9. The van der Waals surface area contributed by atoms with Crippen molar-refractivity contribution >= 4 is 5.97 Å². The number of benzene rings is 2. The minimum absolute atomic E-state index is 0.343. The summed E-state index contributed by atoms with van der Waals surface area (Å²) in [5.41, 5.74) is 1.71. The topological polar surface area (TPSA) is 26.3 Å². The van der Waals surface area contributed by atoms with Gasteiger partial charge >= 0.3 is 5.97 Å². The second-order valence-corrected chi connectivity index (χ2v) is 8.78. The first-order valence-corrected chi connectivity index (χ1v) is 11.9. The Morgan fingerprint density at radius 2 is 1.71 bits per heavy atom. The molecule has 31 heavy (non-hydrogen) atoms. The predicted octanol–water partition coefficient (Wildman–Crippen LogP) is 7.92. The summed E-state index contributed by atoms with van der Waals surface area (Å²) in [7, 11) is 0. The van der Waals surface area contributed by atoms with Gasteiger partial charge in [0.25, 0.3) is 0 Å². The molecule has 1 saturated carbocycles. The minimum atomic E-state index is -0.427. The molecule has 0 amide bonds. The summed E-state index contributed by atoms with van der Waals surface area (Å²) in [6, 6.07) is 13.0. The van der Waals surface area contributed by atoms with Crippen LogP contribution < -0.4 is 4.74 Å². The summed E-state index contributed by atoms with van der Waals surface area (Å²) < 4.78 is 18.2. The lowest BCUT2D eigenvalue weighted by Crippen LogP contribution is -2.13. The van der Waals surface area contributed by atoms with E-state index in [0.717, 1.165) is 24.7 Å². The van der Waals surface area contributed by atoms with Crippen LogP contribution in [0.1, 0.15) is 80.6 Å². The summed E-state index contributed by atoms with van der Waals surface area (Å²) in [6.07, 6.45) is 17.8. The number of esters is 1. The molecule has 2 nitrogen and oxygen atoms in total. The van der Waals surface area contributed by atoms with Crippen LogP contribution in [0.15, 0.2) is 60.7 Å². The van der Waals surface area contributed by atoms with Crippen LogP contribution in [0, 0.1) is 17.7 Å². The number of carbonyl (C=O) groups is 1. The van der Waals surface area contributed by atoms with Crippen molar-refractivity contribution in [2.45, 2.75) is 71.1 Å². The highest BCUT2D eigenvalue weighted by Gasteiger charge is 2.18. The van der Waals surface area contributed by atoms with E-state index in [-0.39, 0.29) is 5.82 Å². The van der Waals surface area contributed by atoms with Crippen LogP contribution in [0.4, 0.5) is 4.39 Å². The van der Waals surface area contributed by atoms with Crippen molar-refractivity contribution in [2.75, 3.05) is 0 Å². The Balaban J connectivity index is 1.36. The Bertz CT molecular complexity index is 815. The SMILES string of the molecule is CCCCCC1CCC(/C=C/CCc2ccc(C(=O)Oc3ccc(F)cc3)cc2)CC1. The molecule has 3 heteroatoms. The summed E-state index contributed by atoms with van der Waals surface area (Å²) in [5.74, 6) is 1.28. The van der Waals surface area contributed by atoms with E-state index in [0.29, 0.717) is 11.3 Å². The van der Waals surface area contributed by atoms with Gasteiger partial charge in [-0.05, 0) is 92.3 Å². The number of hydrogen-bond acceptors (Lipinski definition) is 2. The third-order valence-electron chi connectivity index (χ3n) is 6.33. The smallest absolute Gasteiger partial charge is 0.343 e. The maximum absolute atomic E-state index is 12.9. The van der Waals surface area contributed by atoms with Gasteiger partial charge in [0.2, 0.25) is 0 Å². The first-order valence-electron chi connectivity index (χ1n) is 11.9. The average molecular weight is 423 g/mol. The van der Waals surface area contributed by atoms with Crippen LogP contribution in [0.5, 0.6) is 5.75 Å². The van der Waals surface area contributed by atoms with Crippen molar-refractivity contribution in [3.8, 4) is 5.75 Å². The van der Waals surface area contributed by atoms with Gasteiger partial charge in [0.05, 0.1) is 5.56 Å². The van der Waals surface area contributed by atoms with E-state index in [9.17, 15) is 9.18 Å². The molecule has 1 aliphatic carbocycles. The largest absolute Gasteiger partial charge is 0.423 e. The van der Waals surface area contributed by atoms with E-state index >= 15 is 0 Å². The molecule has 0 N–H and O–H groups in total. The highest BCUT2D eigenvalue weighted by Crippen LogP contribution is 2.32. The Morgan fingerprint density at radius 3 is 2.39 bits per heavy atom. The lowest BCUT2D eigenvalue weighted by Gasteiger charge is -2.26. The van der Waals surface area contributed by atoms with E-state index in [1.54, 1.807) is 12.1 Å². The quantitative estimate of drug-likeness (QED) is 0.168. The number of ether oxygens (including phenoxy) is 1. The molecule has 0 heterocycles. The monoisotopic (exact) mass is 422 g/mol. The van der Waals surface area contributed by atoms with E-state index in [4.69, 9.17) is 4.74 Å². The molecule has 0 spiro atoms. The van der Waals surface area contributed by atoms with Crippen LogP contribution in [0.3, 0.4) is 0 Å². The summed E-state index contributed by atoms with van der Waals surface area (Å²) in [4.78, 5) is 12.2. The first kappa shape index (κ1) is 23.2. The average Bonchev–Trinajstić information content (AvgIpc) is 2.80. The molecule has 0 radical (unpaired) electrons. The van der Waals surface area contributed by atoms with Gasteiger partial charge in [-0.25, -0.2) is 9.18 Å². The first-order chi connectivity index (χ1) is 15.1. The molecule has 2 aromatic rings. The molecule has 3 rings (SSSR count). The number of aryl methyl sites for hydroxylation is 1. The second kappa shape index (κ2) is 12.4. The summed E-state index contributed by atoms with van der Waals surface area (Å²) in [6.45, 7) is 2.28. The van der Waals surface area contributed by atoms with Gasteiger partial charge in [0.15, 0.2) is 0 Å². The number of halogens is 1. The third-order valence-corrected chi connectivity index (χ3v) is 6.33. The van der Waals surface area contributed by atoms with Crippen molar-refractivity contribution in [1.82, 2.24) is 0 Å². The zero-order chi connectivity index (χ0) is 21.9. The van der Waals surface area contributed by atoms with Gasteiger partial charge in [0.1, 0.15) is 11.6 Å². The number of carbonyl (C=O) groups excluding carboxylic acids is 1. The molecule has 2 aromatic carbocycles. The van der Waals surface area contributed by atoms with Crippen LogP contribution in [0.25, 0.3) is 0 Å². The Morgan fingerprint density at radius 1 is 1.00 bits per heavy atom. The molecule has 0 aromatic heterocycles. The van der Waals surface area contributed by atoms with Crippen molar-refractivity contribution in [3.05, 3.63) is 77.6 Å². The van der Waals surface area contributed by atoms with Crippen molar-refractivity contribution < 1.29 is 13.9 Å². The van der Waals surface area contributed by atoms with E-state index < -0.39 is 5.97 Å². The van der Waals surface area contributed by atoms with Crippen molar-refractivity contribution in [3.63, 3.8) is 0 Å². The van der Waals surface area contributed by atoms with Crippen molar-refractivity contribution in [1.29, 1.82) is 0 Å². The zero-order valence-corrected chi connectivity index (χ0v) is 18.7.